The van der Waals surface area contributed by atoms with Gasteiger partial charge < -0.3 is 9.73 Å². The third-order valence-corrected chi connectivity index (χ3v) is 6.24. The summed E-state index contributed by atoms with van der Waals surface area (Å²) in [5.74, 6) is 0.791. The van der Waals surface area contributed by atoms with Gasteiger partial charge in [0.25, 0.3) is 5.56 Å². The SMILES string of the molecule is O=c1c2ccoc2nc(C(CCc2ccccc2)N2CCNCC2)n1Cc1ccccc1. The second-order valence-electron chi connectivity index (χ2n) is 8.31. The van der Waals surface area contributed by atoms with Crippen LogP contribution in [-0.4, -0.2) is 40.6 Å². The number of hydrogen-bond acceptors (Lipinski definition) is 5. The molecule has 1 aliphatic heterocycles. The Morgan fingerprint density at radius 1 is 0.938 bits per heavy atom. The molecule has 3 heterocycles. The molecule has 0 bridgehead atoms. The van der Waals surface area contributed by atoms with Gasteiger partial charge in [0.05, 0.1) is 18.8 Å². The zero-order chi connectivity index (χ0) is 21.8. The lowest BCUT2D eigenvalue weighted by Crippen LogP contribution is -2.46. The first-order valence-electron chi connectivity index (χ1n) is 11.3. The van der Waals surface area contributed by atoms with Crippen molar-refractivity contribution in [1.29, 1.82) is 0 Å². The first-order valence-corrected chi connectivity index (χ1v) is 11.3. The van der Waals surface area contributed by atoms with Gasteiger partial charge >= 0.3 is 0 Å². The van der Waals surface area contributed by atoms with Gasteiger partial charge in [0.2, 0.25) is 5.71 Å². The van der Waals surface area contributed by atoms with Crippen molar-refractivity contribution in [1.82, 2.24) is 19.8 Å². The molecular formula is C26H28N4O2. The smallest absolute Gasteiger partial charge is 0.265 e. The molecule has 164 valence electrons. The Morgan fingerprint density at radius 3 is 2.34 bits per heavy atom. The highest BCUT2D eigenvalue weighted by Crippen LogP contribution is 2.27. The van der Waals surface area contributed by atoms with E-state index in [1.165, 1.54) is 5.56 Å². The van der Waals surface area contributed by atoms with Crippen molar-refractivity contribution in [2.75, 3.05) is 26.2 Å². The molecule has 2 aromatic heterocycles. The molecule has 6 heteroatoms. The normalized spacial score (nSPS) is 15.8. The van der Waals surface area contributed by atoms with Gasteiger partial charge in [0.15, 0.2) is 0 Å². The molecule has 1 aliphatic rings. The van der Waals surface area contributed by atoms with Crippen LogP contribution in [0.15, 0.2) is 82.2 Å². The fourth-order valence-corrected chi connectivity index (χ4v) is 4.55. The summed E-state index contributed by atoms with van der Waals surface area (Å²) in [6.45, 7) is 4.23. The van der Waals surface area contributed by atoms with Crippen LogP contribution in [0.5, 0.6) is 0 Å². The standard InChI is InChI=1S/C26H28N4O2/c31-26-22-13-18-32-25(22)28-24(30(26)19-21-9-5-2-6-10-21)23(29-16-14-27-15-17-29)12-11-20-7-3-1-4-8-20/h1-10,13,18,23,27H,11-12,14-17,19H2. The van der Waals surface area contributed by atoms with E-state index in [0.29, 0.717) is 17.6 Å². The van der Waals surface area contributed by atoms with Gasteiger partial charge in [-0.05, 0) is 30.0 Å². The van der Waals surface area contributed by atoms with Gasteiger partial charge in [-0.15, -0.1) is 0 Å². The van der Waals surface area contributed by atoms with E-state index in [2.05, 4.69) is 46.6 Å². The molecule has 6 nitrogen and oxygen atoms in total. The molecule has 0 saturated carbocycles. The van der Waals surface area contributed by atoms with E-state index in [-0.39, 0.29) is 11.6 Å². The Labute approximate surface area is 187 Å². The molecule has 1 N–H and O–H groups in total. The summed E-state index contributed by atoms with van der Waals surface area (Å²) in [6.07, 6.45) is 3.36. The summed E-state index contributed by atoms with van der Waals surface area (Å²) in [7, 11) is 0. The topological polar surface area (TPSA) is 63.3 Å². The summed E-state index contributed by atoms with van der Waals surface area (Å²) in [6, 6.07) is 22.4. The number of aromatic nitrogens is 2. The van der Waals surface area contributed by atoms with E-state index in [9.17, 15) is 4.79 Å². The number of benzene rings is 2. The Bertz CT molecular complexity index is 1210. The number of fused-ring (bicyclic) bond motifs is 1. The summed E-state index contributed by atoms with van der Waals surface area (Å²) in [5.41, 5.74) is 2.77. The lowest BCUT2D eigenvalue weighted by atomic mass is 10.0. The van der Waals surface area contributed by atoms with Gasteiger partial charge in [-0.3, -0.25) is 14.3 Å². The van der Waals surface area contributed by atoms with Crippen molar-refractivity contribution in [3.63, 3.8) is 0 Å². The highest BCUT2D eigenvalue weighted by atomic mass is 16.3. The van der Waals surface area contributed by atoms with E-state index >= 15 is 0 Å². The Morgan fingerprint density at radius 2 is 1.62 bits per heavy atom. The van der Waals surface area contributed by atoms with Crippen molar-refractivity contribution >= 4 is 11.1 Å². The van der Waals surface area contributed by atoms with Crippen LogP contribution in [0.3, 0.4) is 0 Å². The third kappa shape index (κ3) is 4.38. The minimum absolute atomic E-state index is 0.0308. The predicted molar refractivity (Wildman–Crippen MR) is 126 cm³/mol. The molecule has 5 rings (SSSR count). The number of aryl methyl sites for hydroxylation is 1. The van der Waals surface area contributed by atoms with E-state index < -0.39 is 0 Å². The molecule has 1 unspecified atom stereocenters. The van der Waals surface area contributed by atoms with Crippen LogP contribution in [0, 0.1) is 0 Å². The summed E-state index contributed by atoms with van der Waals surface area (Å²) < 4.78 is 7.44. The van der Waals surface area contributed by atoms with Crippen LogP contribution in [-0.2, 0) is 13.0 Å². The second-order valence-corrected chi connectivity index (χ2v) is 8.31. The van der Waals surface area contributed by atoms with Crippen molar-refractivity contribution < 1.29 is 4.42 Å². The quantitative estimate of drug-likeness (QED) is 0.487. The van der Waals surface area contributed by atoms with Crippen LogP contribution in [0.2, 0.25) is 0 Å². The molecule has 1 atom stereocenters. The van der Waals surface area contributed by atoms with Crippen LogP contribution >= 0.6 is 0 Å². The van der Waals surface area contributed by atoms with Crippen LogP contribution < -0.4 is 10.9 Å². The number of nitrogens with one attached hydrogen (secondary N) is 1. The maximum Gasteiger partial charge on any atom is 0.265 e. The lowest BCUT2D eigenvalue weighted by Gasteiger charge is -2.35. The van der Waals surface area contributed by atoms with Gasteiger partial charge in [0, 0.05) is 26.2 Å². The van der Waals surface area contributed by atoms with E-state index in [1.807, 2.05) is 28.8 Å². The van der Waals surface area contributed by atoms with Gasteiger partial charge in [-0.25, -0.2) is 0 Å². The molecule has 0 aliphatic carbocycles. The number of nitrogens with zero attached hydrogens (tertiary/aromatic N) is 3. The summed E-state index contributed by atoms with van der Waals surface area (Å²) >= 11 is 0. The second kappa shape index (κ2) is 9.51. The Kier molecular flexibility index (Phi) is 6.14. The minimum atomic E-state index is -0.0394. The Hall–Kier alpha value is -3.22. The molecule has 1 saturated heterocycles. The molecule has 1 fully saturated rings. The monoisotopic (exact) mass is 428 g/mol. The van der Waals surface area contributed by atoms with E-state index in [4.69, 9.17) is 9.40 Å². The first kappa shape index (κ1) is 20.7. The third-order valence-electron chi connectivity index (χ3n) is 6.24. The maximum absolute atomic E-state index is 13.5. The fraction of sp³-hybridized carbons (Fsp3) is 0.308. The van der Waals surface area contributed by atoms with Crippen LogP contribution in [0.25, 0.3) is 11.1 Å². The molecule has 0 amide bonds. The molecule has 0 radical (unpaired) electrons. The summed E-state index contributed by atoms with van der Waals surface area (Å²) in [5, 5.41) is 3.97. The molecular weight excluding hydrogens is 400 g/mol. The minimum Gasteiger partial charge on any atom is -0.446 e. The van der Waals surface area contributed by atoms with E-state index in [0.717, 1.165) is 50.4 Å². The average Bonchev–Trinajstić information content (AvgIpc) is 3.32. The summed E-state index contributed by atoms with van der Waals surface area (Å²) in [4.78, 5) is 20.9. The predicted octanol–water partition coefficient (Wildman–Crippen LogP) is 3.62. The number of hydrogen-bond donors (Lipinski definition) is 1. The van der Waals surface area contributed by atoms with E-state index in [1.54, 1.807) is 12.3 Å². The van der Waals surface area contributed by atoms with Crippen LogP contribution in [0.1, 0.15) is 29.4 Å². The van der Waals surface area contributed by atoms with Crippen molar-refractivity contribution in [3.05, 3.63) is 100 Å². The average molecular weight is 429 g/mol. The molecule has 4 aromatic rings. The lowest BCUT2D eigenvalue weighted by molar-refractivity contribution is 0.155. The Balaban J connectivity index is 1.58. The molecule has 32 heavy (non-hydrogen) atoms. The van der Waals surface area contributed by atoms with Crippen molar-refractivity contribution in [3.8, 4) is 0 Å². The zero-order valence-electron chi connectivity index (χ0n) is 18.1. The molecule has 2 aromatic carbocycles. The fourth-order valence-electron chi connectivity index (χ4n) is 4.55. The largest absolute Gasteiger partial charge is 0.446 e. The van der Waals surface area contributed by atoms with Crippen LogP contribution in [0.4, 0.5) is 0 Å². The highest BCUT2D eigenvalue weighted by molar-refractivity contribution is 5.71. The highest BCUT2D eigenvalue weighted by Gasteiger charge is 2.28. The van der Waals surface area contributed by atoms with Gasteiger partial charge in [0.1, 0.15) is 11.2 Å². The van der Waals surface area contributed by atoms with Gasteiger partial charge in [-0.2, -0.15) is 4.98 Å². The number of piperazine rings is 1. The maximum atomic E-state index is 13.5. The zero-order valence-corrected chi connectivity index (χ0v) is 18.1. The van der Waals surface area contributed by atoms with Crippen molar-refractivity contribution in [2.45, 2.75) is 25.4 Å². The number of furan rings is 1. The van der Waals surface area contributed by atoms with Gasteiger partial charge in [-0.1, -0.05) is 60.7 Å². The van der Waals surface area contributed by atoms with Crippen molar-refractivity contribution in [2.24, 2.45) is 0 Å². The number of rotatable bonds is 7. The molecule has 0 spiro atoms. The first-order chi connectivity index (χ1) is 15.8.